The van der Waals surface area contributed by atoms with Crippen molar-refractivity contribution in [3.05, 3.63) is 53.6 Å². The number of benzene rings is 2. The number of amides is 1. The van der Waals surface area contributed by atoms with E-state index in [-0.39, 0.29) is 12.5 Å². The molecule has 1 N–H and O–H groups in total. The summed E-state index contributed by atoms with van der Waals surface area (Å²) in [6.07, 6.45) is 0. The van der Waals surface area contributed by atoms with Crippen LogP contribution in [-0.4, -0.2) is 38.8 Å². The van der Waals surface area contributed by atoms with Gasteiger partial charge in [0.15, 0.2) is 6.61 Å². The van der Waals surface area contributed by atoms with Gasteiger partial charge >= 0.3 is 0 Å². The molecule has 26 heavy (non-hydrogen) atoms. The third kappa shape index (κ3) is 4.52. The van der Waals surface area contributed by atoms with Crippen molar-refractivity contribution in [1.82, 2.24) is 0 Å². The molecule has 0 bridgehead atoms. The highest BCUT2D eigenvalue weighted by molar-refractivity contribution is 5.92. The quantitative estimate of drug-likeness (QED) is 0.896. The highest BCUT2D eigenvalue weighted by Gasteiger charge is 2.13. The number of ether oxygens (including phenoxy) is 2. The summed E-state index contributed by atoms with van der Waals surface area (Å²) < 4.78 is 10.8. The zero-order valence-electron chi connectivity index (χ0n) is 14.7. The van der Waals surface area contributed by atoms with E-state index in [1.807, 2.05) is 25.1 Å². The third-order valence-corrected chi connectivity index (χ3v) is 4.21. The molecule has 0 atom stereocenters. The van der Waals surface area contributed by atoms with Crippen molar-refractivity contribution in [3.8, 4) is 11.8 Å². The largest absolute Gasteiger partial charge is 0.484 e. The molecule has 3 rings (SSSR count). The molecule has 6 heteroatoms. The maximum Gasteiger partial charge on any atom is 0.262 e. The van der Waals surface area contributed by atoms with Crippen LogP contribution in [0.4, 0.5) is 11.4 Å². The molecular weight excluding hydrogens is 330 g/mol. The number of nitrogens with one attached hydrogen (secondary N) is 1. The van der Waals surface area contributed by atoms with E-state index < -0.39 is 0 Å². The molecule has 2 aromatic rings. The molecule has 134 valence electrons. The first-order valence-corrected chi connectivity index (χ1v) is 8.52. The van der Waals surface area contributed by atoms with Crippen molar-refractivity contribution >= 4 is 17.3 Å². The molecule has 1 fully saturated rings. The Morgan fingerprint density at radius 2 is 1.96 bits per heavy atom. The first-order valence-electron chi connectivity index (χ1n) is 8.52. The van der Waals surface area contributed by atoms with E-state index in [1.165, 1.54) is 0 Å². The summed E-state index contributed by atoms with van der Waals surface area (Å²) in [6, 6.07) is 14.7. The lowest BCUT2D eigenvalue weighted by Gasteiger charge is -2.29. The van der Waals surface area contributed by atoms with Crippen LogP contribution in [0.25, 0.3) is 0 Å². The van der Waals surface area contributed by atoms with Crippen LogP contribution in [0, 0.1) is 18.3 Å². The van der Waals surface area contributed by atoms with Crippen molar-refractivity contribution < 1.29 is 14.3 Å². The number of nitrogens with zero attached hydrogens (tertiary/aromatic N) is 2. The maximum atomic E-state index is 12.1. The van der Waals surface area contributed by atoms with Crippen LogP contribution in [0.3, 0.4) is 0 Å². The van der Waals surface area contributed by atoms with Crippen LogP contribution in [0.15, 0.2) is 42.5 Å². The summed E-state index contributed by atoms with van der Waals surface area (Å²) in [6.45, 7) is 5.12. The van der Waals surface area contributed by atoms with Gasteiger partial charge in [0, 0.05) is 24.5 Å². The summed E-state index contributed by atoms with van der Waals surface area (Å²) in [5.74, 6) is 0.329. The van der Waals surface area contributed by atoms with Crippen LogP contribution in [0.1, 0.15) is 11.1 Å². The molecule has 1 heterocycles. The highest BCUT2D eigenvalue weighted by atomic mass is 16.5. The predicted octanol–water partition coefficient (Wildman–Crippen LogP) is 2.72. The first-order chi connectivity index (χ1) is 12.7. The topological polar surface area (TPSA) is 74.6 Å². The van der Waals surface area contributed by atoms with Gasteiger partial charge in [-0.25, -0.2) is 0 Å². The molecule has 0 spiro atoms. The number of hydrogen-bond acceptors (Lipinski definition) is 5. The van der Waals surface area contributed by atoms with E-state index in [0.717, 1.165) is 43.2 Å². The minimum absolute atomic E-state index is 0.0868. The van der Waals surface area contributed by atoms with Gasteiger partial charge in [-0.05, 0) is 55.0 Å². The van der Waals surface area contributed by atoms with Crippen molar-refractivity contribution in [2.24, 2.45) is 0 Å². The van der Waals surface area contributed by atoms with Gasteiger partial charge in [0.1, 0.15) is 5.75 Å². The summed E-state index contributed by atoms with van der Waals surface area (Å²) in [5.41, 5.74) is 3.46. The number of rotatable bonds is 5. The van der Waals surface area contributed by atoms with Gasteiger partial charge in [0.25, 0.3) is 5.91 Å². The summed E-state index contributed by atoms with van der Waals surface area (Å²) >= 11 is 0. The van der Waals surface area contributed by atoms with Crippen molar-refractivity contribution in [1.29, 1.82) is 5.26 Å². The molecule has 1 saturated heterocycles. The van der Waals surface area contributed by atoms with Crippen molar-refractivity contribution in [2.75, 3.05) is 43.1 Å². The Morgan fingerprint density at radius 1 is 1.23 bits per heavy atom. The number of aryl methyl sites for hydroxylation is 1. The molecule has 0 radical (unpaired) electrons. The smallest absolute Gasteiger partial charge is 0.262 e. The predicted molar refractivity (Wildman–Crippen MR) is 99.5 cm³/mol. The zero-order valence-corrected chi connectivity index (χ0v) is 14.7. The Balaban J connectivity index is 1.55. The minimum Gasteiger partial charge on any atom is -0.484 e. The fourth-order valence-corrected chi connectivity index (χ4v) is 2.77. The standard InChI is InChI=1S/C20H21N3O3/c1-15-12-17(23-8-10-25-11-9-23)4-7-19(15)22-20(24)14-26-18-5-2-16(13-21)3-6-18/h2-7,12H,8-11,14H2,1H3,(H,22,24). The average molecular weight is 351 g/mol. The Morgan fingerprint density at radius 3 is 2.62 bits per heavy atom. The summed E-state index contributed by atoms with van der Waals surface area (Å²) in [5, 5.41) is 11.6. The van der Waals surface area contributed by atoms with E-state index in [4.69, 9.17) is 14.7 Å². The number of morpholine rings is 1. The summed E-state index contributed by atoms with van der Waals surface area (Å²) in [4.78, 5) is 14.4. The van der Waals surface area contributed by atoms with Crippen molar-refractivity contribution in [3.63, 3.8) is 0 Å². The van der Waals surface area contributed by atoms with E-state index in [9.17, 15) is 4.79 Å². The lowest BCUT2D eigenvalue weighted by Crippen LogP contribution is -2.36. The van der Waals surface area contributed by atoms with Crippen LogP contribution in [-0.2, 0) is 9.53 Å². The second-order valence-corrected chi connectivity index (χ2v) is 6.07. The molecule has 0 saturated carbocycles. The van der Waals surface area contributed by atoms with Gasteiger partial charge in [0.2, 0.25) is 0 Å². The minimum atomic E-state index is -0.225. The molecule has 6 nitrogen and oxygen atoms in total. The van der Waals surface area contributed by atoms with E-state index >= 15 is 0 Å². The van der Waals surface area contributed by atoms with E-state index in [1.54, 1.807) is 24.3 Å². The van der Waals surface area contributed by atoms with E-state index in [2.05, 4.69) is 16.3 Å². The fourth-order valence-electron chi connectivity index (χ4n) is 2.77. The molecule has 0 aromatic heterocycles. The second kappa shape index (κ2) is 8.37. The van der Waals surface area contributed by atoms with Gasteiger partial charge in [-0.2, -0.15) is 5.26 Å². The molecule has 0 aliphatic carbocycles. The van der Waals surface area contributed by atoms with Crippen molar-refractivity contribution in [2.45, 2.75) is 6.92 Å². The number of carbonyl (C=O) groups is 1. The van der Waals surface area contributed by atoms with Crippen LogP contribution >= 0.6 is 0 Å². The van der Waals surface area contributed by atoms with Gasteiger partial charge in [-0.15, -0.1) is 0 Å². The molecule has 1 aliphatic rings. The maximum absolute atomic E-state index is 12.1. The van der Waals surface area contributed by atoms with Crippen LogP contribution in [0.5, 0.6) is 5.75 Å². The third-order valence-electron chi connectivity index (χ3n) is 4.21. The van der Waals surface area contributed by atoms with Gasteiger partial charge in [-0.3, -0.25) is 4.79 Å². The lowest BCUT2D eigenvalue weighted by molar-refractivity contribution is -0.118. The normalized spacial score (nSPS) is 13.8. The Kier molecular flexibility index (Phi) is 5.72. The van der Waals surface area contributed by atoms with Crippen LogP contribution in [0.2, 0.25) is 0 Å². The average Bonchev–Trinajstić information content (AvgIpc) is 2.69. The van der Waals surface area contributed by atoms with Gasteiger partial charge in [-0.1, -0.05) is 0 Å². The first kappa shape index (κ1) is 17.8. The second-order valence-electron chi connectivity index (χ2n) is 6.07. The number of carbonyl (C=O) groups excluding carboxylic acids is 1. The highest BCUT2D eigenvalue weighted by Crippen LogP contribution is 2.23. The Hall–Kier alpha value is -3.04. The van der Waals surface area contributed by atoms with Gasteiger partial charge < -0.3 is 19.7 Å². The number of anilines is 2. The molecule has 2 aromatic carbocycles. The number of hydrogen-bond donors (Lipinski definition) is 1. The molecular formula is C20H21N3O3. The monoisotopic (exact) mass is 351 g/mol. The molecule has 1 aliphatic heterocycles. The fraction of sp³-hybridized carbons (Fsp3) is 0.300. The van der Waals surface area contributed by atoms with Gasteiger partial charge in [0.05, 0.1) is 24.8 Å². The van der Waals surface area contributed by atoms with E-state index in [0.29, 0.717) is 11.3 Å². The Bertz CT molecular complexity index is 806. The SMILES string of the molecule is Cc1cc(N2CCOCC2)ccc1NC(=O)COc1ccc(C#N)cc1. The van der Waals surface area contributed by atoms with Crippen LogP contribution < -0.4 is 15.0 Å². The lowest BCUT2D eigenvalue weighted by atomic mass is 10.1. The Labute approximate surface area is 152 Å². The summed E-state index contributed by atoms with van der Waals surface area (Å²) in [7, 11) is 0. The molecule has 0 unspecified atom stereocenters. The number of nitriles is 1. The molecule has 1 amide bonds. The zero-order chi connectivity index (χ0) is 18.4.